The van der Waals surface area contributed by atoms with Crippen LogP contribution in [0, 0.1) is 35.4 Å². The summed E-state index contributed by atoms with van der Waals surface area (Å²) in [5.74, 6) is 4.77. The first-order chi connectivity index (χ1) is 15.7. The molecule has 0 aromatic heterocycles. The van der Waals surface area contributed by atoms with E-state index in [-0.39, 0.29) is 5.82 Å². The highest BCUT2D eigenvalue weighted by molar-refractivity contribution is 5.39. The first-order valence-electron chi connectivity index (χ1n) is 13.7. The summed E-state index contributed by atoms with van der Waals surface area (Å²) in [6.45, 7) is 6.33. The van der Waals surface area contributed by atoms with Crippen molar-refractivity contribution in [3.8, 4) is 5.75 Å². The van der Waals surface area contributed by atoms with E-state index in [0.717, 1.165) is 42.4 Å². The highest BCUT2D eigenvalue weighted by atomic mass is 19.1. The largest absolute Gasteiger partial charge is 0.486 e. The van der Waals surface area contributed by atoms with Gasteiger partial charge >= 0.3 is 0 Å². The molecule has 0 bridgehead atoms. The minimum atomic E-state index is -0.206. The number of benzene rings is 1. The third-order valence-electron chi connectivity index (χ3n) is 9.02. The van der Waals surface area contributed by atoms with Crippen molar-refractivity contribution < 1.29 is 9.13 Å². The van der Waals surface area contributed by atoms with Crippen LogP contribution in [0.15, 0.2) is 24.8 Å². The number of hydrogen-bond donors (Lipinski definition) is 0. The fourth-order valence-electron chi connectivity index (χ4n) is 7.20. The van der Waals surface area contributed by atoms with Gasteiger partial charge in [0.1, 0.15) is 6.61 Å². The molecule has 0 aliphatic heterocycles. The maximum atomic E-state index is 14.5. The Morgan fingerprint density at radius 3 is 2.47 bits per heavy atom. The Hall–Kier alpha value is -1.31. The zero-order valence-electron chi connectivity index (χ0n) is 20.4. The van der Waals surface area contributed by atoms with Crippen molar-refractivity contribution >= 4 is 0 Å². The summed E-state index contributed by atoms with van der Waals surface area (Å²) in [5, 5.41) is 0. The van der Waals surface area contributed by atoms with Crippen molar-refractivity contribution in [1.82, 2.24) is 0 Å². The van der Waals surface area contributed by atoms with Crippen LogP contribution in [0.2, 0.25) is 0 Å². The molecule has 2 fully saturated rings. The summed E-state index contributed by atoms with van der Waals surface area (Å²) in [5.41, 5.74) is 2.54. The van der Waals surface area contributed by atoms with E-state index in [1.165, 1.54) is 94.6 Å². The van der Waals surface area contributed by atoms with E-state index in [1.54, 1.807) is 12.1 Å². The summed E-state index contributed by atoms with van der Waals surface area (Å²) in [4.78, 5) is 0. The Morgan fingerprint density at radius 2 is 1.66 bits per heavy atom. The molecule has 32 heavy (non-hydrogen) atoms. The molecule has 4 rings (SSSR count). The highest BCUT2D eigenvalue weighted by Gasteiger charge is 2.38. The topological polar surface area (TPSA) is 9.23 Å². The molecule has 2 heteroatoms. The predicted molar refractivity (Wildman–Crippen MR) is 133 cm³/mol. The maximum absolute atomic E-state index is 14.5. The van der Waals surface area contributed by atoms with Crippen LogP contribution in [0.5, 0.6) is 5.75 Å². The van der Waals surface area contributed by atoms with Gasteiger partial charge in [0.2, 0.25) is 0 Å². The van der Waals surface area contributed by atoms with Crippen LogP contribution in [-0.4, -0.2) is 6.61 Å². The summed E-state index contributed by atoms with van der Waals surface area (Å²) in [6.07, 6.45) is 22.5. The molecule has 3 aliphatic rings. The van der Waals surface area contributed by atoms with E-state index in [1.807, 2.05) is 6.07 Å². The Morgan fingerprint density at radius 1 is 0.906 bits per heavy atom. The van der Waals surface area contributed by atoms with Crippen LogP contribution in [-0.2, 0) is 12.8 Å². The van der Waals surface area contributed by atoms with E-state index in [4.69, 9.17) is 4.74 Å². The quantitative estimate of drug-likeness (QED) is 0.261. The Bertz CT molecular complexity index is 741. The average Bonchev–Trinajstić information content (AvgIpc) is 2.82. The van der Waals surface area contributed by atoms with Crippen molar-refractivity contribution in [2.24, 2.45) is 29.6 Å². The molecule has 3 aliphatic carbocycles. The Labute approximate surface area is 196 Å². The number of aryl methyl sites for hydroxylation is 1. The monoisotopic (exact) mass is 440 g/mol. The molecular formula is C30H45FO. The first-order valence-corrected chi connectivity index (χ1v) is 13.7. The van der Waals surface area contributed by atoms with Crippen LogP contribution < -0.4 is 4.74 Å². The molecule has 0 amide bonds. The SMILES string of the molecule is C=CCOc1cc2c(cc1F)CC(C1CCC3CC(CCCCCCC)CCC3C1)CC2. The Balaban J connectivity index is 1.26. The maximum Gasteiger partial charge on any atom is 0.165 e. The summed E-state index contributed by atoms with van der Waals surface area (Å²) in [7, 11) is 0. The lowest BCUT2D eigenvalue weighted by atomic mass is 9.61. The van der Waals surface area contributed by atoms with Gasteiger partial charge in [0.05, 0.1) is 0 Å². The highest BCUT2D eigenvalue weighted by Crippen LogP contribution is 2.49. The fourth-order valence-corrected chi connectivity index (χ4v) is 7.20. The first kappa shape index (κ1) is 23.8. The van der Waals surface area contributed by atoms with Gasteiger partial charge in [0.15, 0.2) is 11.6 Å². The zero-order chi connectivity index (χ0) is 22.3. The zero-order valence-corrected chi connectivity index (χ0v) is 20.4. The van der Waals surface area contributed by atoms with Gasteiger partial charge in [-0.25, -0.2) is 4.39 Å². The molecule has 1 aromatic rings. The minimum absolute atomic E-state index is 0.206. The molecule has 0 heterocycles. The fraction of sp³-hybridized carbons (Fsp3) is 0.733. The number of unbranched alkanes of at least 4 members (excludes halogenated alkanes) is 4. The number of ether oxygens (including phenoxy) is 1. The van der Waals surface area contributed by atoms with Gasteiger partial charge < -0.3 is 4.74 Å². The van der Waals surface area contributed by atoms with Gasteiger partial charge in [0, 0.05) is 0 Å². The standard InChI is InChI=1S/C30H45FO/c1-3-5-6-7-8-9-22-10-11-24-18-25(13-12-23(24)17-22)26-14-15-27-21-30(32-16-4-2)29(31)20-28(27)19-26/h4,20-26H,2-3,5-19H2,1H3. The van der Waals surface area contributed by atoms with Gasteiger partial charge in [-0.05, 0) is 104 Å². The van der Waals surface area contributed by atoms with Gasteiger partial charge in [-0.15, -0.1) is 0 Å². The molecular weight excluding hydrogens is 395 g/mol. The number of halogens is 1. The second kappa shape index (κ2) is 11.7. The third kappa shape index (κ3) is 5.97. The molecule has 2 saturated carbocycles. The molecule has 0 N–H and O–H groups in total. The van der Waals surface area contributed by atoms with Crippen molar-refractivity contribution in [2.45, 2.75) is 103 Å². The lowest BCUT2D eigenvalue weighted by Gasteiger charge is -2.45. The van der Waals surface area contributed by atoms with E-state index in [2.05, 4.69) is 13.5 Å². The van der Waals surface area contributed by atoms with Crippen molar-refractivity contribution in [1.29, 1.82) is 0 Å². The second-order valence-electron chi connectivity index (χ2n) is 11.1. The number of rotatable bonds is 10. The van der Waals surface area contributed by atoms with E-state index >= 15 is 0 Å². The molecule has 178 valence electrons. The van der Waals surface area contributed by atoms with Crippen molar-refractivity contribution in [2.75, 3.05) is 6.61 Å². The summed E-state index contributed by atoms with van der Waals surface area (Å²) >= 11 is 0. The summed E-state index contributed by atoms with van der Waals surface area (Å²) in [6, 6.07) is 3.71. The van der Waals surface area contributed by atoms with Gasteiger partial charge in [-0.1, -0.05) is 64.5 Å². The Kier molecular flexibility index (Phi) is 8.72. The van der Waals surface area contributed by atoms with E-state index in [9.17, 15) is 4.39 Å². The second-order valence-corrected chi connectivity index (χ2v) is 11.1. The van der Waals surface area contributed by atoms with Crippen molar-refractivity contribution in [3.05, 3.63) is 41.7 Å². The normalized spacial score (nSPS) is 29.8. The van der Waals surface area contributed by atoms with Gasteiger partial charge in [-0.3, -0.25) is 0 Å². The lowest BCUT2D eigenvalue weighted by Crippen LogP contribution is -2.35. The predicted octanol–water partition coefficient (Wildman–Crippen LogP) is 8.69. The van der Waals surface area contributed by atoms with E-state index < -0.39 is 0 Å². The molecule has 0 saturated heterocycles. The number of hydrogen-bond acceptors (Lipinski definition) is 1. The smallest absolute Gasteiger partial charge is 0.165 e. The van der Waals surface area contributed by atoms with Crippen LogP contribution >= 0.6 is 0 Å². The molecule has 1 nitrogen and oxygen atoms in total. The van der Waals surface area contributed by atoms with Crippen LogP contribution in [0.1, 0.15) is 102 Å². The third-order valence-corrected chi connectivity index (χ3v) is 9.02. The van der Waals surface area contributed by atoms with E-state index in [0.29, 0.717) is 12.4 Å². The summed E-state index contributed by atoms with van der Waals surface area (Å²) < 4.78 is 20.0. The molecule has 5 unspecified atom stereocenters. The lowest BCUT2D eigenvalue weighted by molar-refractivity contribution is 0.0689. The minimum Gasteiger partial charge on any atom is -0.486 e. The van der Waals surface area contributed by atoms with Crippen molar-refractivity contribution in [3.63, 3.8) is 0 Å². The van der Waals surface area contributed by atoms with Crippen LogP contribution in [0.25, 0.3) is 0 Å². The average molecular weight is 441 g/mol. The van der Waals surface area contributed by atoms with Gasteiger partial charge in [-0.2, -0.15) is 0 Å². The van der Waals surface area contributed by atoms with Crippen LogP contribution in [0.3, 0.4) is 0 Å². The molecule has 5 atom stereocenters. The van der Waals surface area contributed by atoms with Gasteiger partial charge in [0.25, 0.3) is 0 Å². The van der Waals surface area contributed by atoms with Crippen LogP contribution in [0.4, 0.5) is 4.39 Å². The molecule has 1 aromatic carbocycles. The molecule has 0 spiro atoms. The molecule has 0 radical (unpaired) electrons. The number of fused-ring (bicyclic) bond motifs is 2.